The number of para-hydroxylation sites is 1. The Kier molecular flexibility index (Phi) is 5.20. The van der Waals surface area contributed by atoms with Crippen molar-refractivity contribution in [2.45, 2.75) is 24.0 Å². The molecular formula is C30H25NOS. The summed E-state index contributed by atoms with van der Waals surface area (Å²) < 4.78 is 6.03. The molecule has 0 radical (unpaired) electrons. The Labute approximate surface area is 199 Å². The second kappa shape index (κ2) is 8.49. The van der Waals surface area contributed by atoms with E-state index in [9.17, 15) is 0 Å². The van der Waals surface area contributed by atoms with Crippen molar-refractivity contribution >= 4 is 51.5 Å². The largest absolute Gasteiger partial charge is 0.456 e. The molecule has 0 amide bonds. The summed E-state index contributed by atoms with van der Waals surface area (Å²) >= 11 is 4.92. The second-order valence-electron chi connectivity index (χ2n) is 8.72. The molecule has 2 nitrogen and oxygen atoms in total. The van der Waals surface area contributed by atoms with Crippen LogP contribution in [0.2, 0.25) is 0 Å². The molecule has 2 unspecified atom stereocenters. The third-order valence-corrected chi connectivity index (χ3v) is 7.18. The summed E-state index contributed by atoms with van der Waals surface area (Å²) in [7, 11) is 0. The standard InChI is InChI=1S/C30H25NOS/c33-29-19-22(15-18-24(29)21-7-2-1-3-8-21)20-13-16-23(17-14-20)31-26-10-6-12-28-30(26)25-9-4-5-11-27(25)32-28/h1-14,16-17,19,24,29,31,33H,15,18H2. The summed E-state index contributed by atoms with van der Waals surface area (Å²) in [4.78, 5) is 0. The van der Waals surface area contributed by atoms with Crippen LogP contribution in [0.4, 0.5) is 11.4 Å². The average Bonchev–Trinajstić information content (AvgIpc) is 3.25. The predicted molar refractivity (Wildman–Crippen MR) is 143 cm³/mol. The van der Waals surface area contributed by atoms with E-state index in [1.165, 1.54) is 16.7 Å². The summed E-state index contributed by atoms with van der Waals surface area (Å²) in [6.45, 7) is 0. The quantitative estimate of drug-likeness (QED) is 0.270. The van der Waals surface area contributed by atoms with Crippen LogP contribution in [0.15, 0.2) is 108 Å². The number of anilines is 2. The van der Waals surface area contributed by atoms with Crippen LogP contribution in [0, 0.1) is 0 Å². The fourth-order valence-electron chi connectivity index (χ4n) is 4.99. The minimum absolute atomic E-state index is 0.237. The molecule has 0 saturated heterocycles. The molecule has 5 aromatic rings. The first-order valence-corrected chi connectivity index (χ1v) is 12.0. The summed E-state index contributed by atoms with van der Waals surface area (Å²) in [6, 6.07) is 33.9. The first-order chi connectivity index (χ1) is 16.3. The molecule has 1 aromatic heterocycles. The van der Waals surface area contributed by atoms with E-state index in [4.69, 9.17) is 17.0 Å². The molecule has 1 N–H and O–H groups in total. The number of nitrogens with one attached hydrogen (secondary N) is 1. The fraction of sp³-hybridized carbons (Fsp3) is 0.133. The zero-order valence-electron chi connectivity index (χ0n) is 18.2. The van der Waals surface area contributed by atoms with Crippen LogP contribution in [0.25, 0.3) is 27.5 Å². The molecule has 0 fully saturated rings. The van der Waals surface area contributed by atoms with Crippen molar-refractivity contribution in [2.24, 2.45) is 0 Å². The zero-order chi connectivity index (χ0) is 22.2. The summed E-state index contributed by atoms with van der Waals surface area (Å²) in [5.74, 6) is 0.476. The van der Waals surface area contributed by atoms with Gasteiger partial charge in [-0.1, -0.05) is 72.8 Å². The number of allylic oxidation sites excluding steroid dienone is 1. The van der Waals surface area contributed by atoms with Crippen LogP contribution in [0.5, 0.6) is 0 Å². The fourth-order valence-corrected chi connectivity index (χ4v) is 5.50. The highest BCUT2D eigenvalue weighted by molar-refractivity contribution is 7.81. The first-order valence-electron chi connectivity index (χ1n) is 11.5. The molecule has 0 aliphatic heterocycles. The van der Waals surface area contributed by atoms with Crippen LogP contribution >= 0.6 is 12.6 Å². The number of thiol groups is 1. The highest BCUT2D eigenvalue weighted by Gasteiger charge is 2.24. The second-order valence-corrected chi connectivity index (χ2v) is 9.31. The minimum Gasteiger partial charge on any atom is -0.456 e. The maximum absolute atomic E-state index is 6.03. The smallest absolute Gasteiger partial charge is 0.137 e. The zero-order valence-corrected chi connectivity index (χ0v) is 19.1. The molecule has 3 heteroatoms. The van der Waals surface area contributed by atoms with Gasteiger partial charge in [0.2, 0.25) is 0 Å². The SMILES string of the molecule is SC1C=C(c2ccc(Nc3cccc4oc5ccccc5c34)cc2)CCC1c1ccccc1. The Morgan fingerprint density at radius 1 is 0.758 bits per heavy atom. The van der Waals surface area contributed by atoms with E-state index < -0.39 is 0 Å². The first kappa shape index (κ1) is 20.2. The summed E-state index contributed by atoms with van der Waals surface area (Å²) in [5, 5.41) is 6.09. The molecule has 0 saturated carbocycles. The van der Waals surface area contributed by atoms with Crippen LogP contribution in [0.3, 0.4) is 0 Å². The van der Waals surface area contributed by atoms with Crippen molar-refractivity contribution in [1.29, 1.82) is 0 Å². The lowest BCUT2D eigenvalue weighted by molar-refractivity contribution is 0.639. The van der Waals surface area contributed by atoms with Gasteiger partial charge in [0.25, 0.3) is 0 Å². The van der Waals surface area contributed by atoms with Gasteiger partial charge in [-0.05, 0) is 65.8 Å². The summed E-state index contributed by atoms with van der Waals surface area (Å²) in [5.41, 5.74) is 7.98. The molecule has 162 valence electrons. The maximum atomic E-state index is 6.03. The van der Waals surface area contributed by atoms with E-state index in [0.29, 0.717) is 5.92 Å². The van der Waals surface area contributed by atoms with Crippen molar-refractivity contribution in [3.63, 3.8) is 0 Å². The van der Waals surface area contributed by atoms with E-state index in [1.54, 1.807) is 0 Å². The maximum Gasteiger partial charge on any atom is 0.137 e. The third kappa shape index (κ3) is 3.83. The lowest BCUT2D eigenvalue weighted by Gasteiger charge is -2.28. The molecule has 6 rings (SSSR count). The van der Waals surface area contributed by atoms with E-state index in [-0.39, 0.29) is 5.25 Å². The van der Waals surface area contributed by atoms with Gasteiger partial charge in [-0.2, -0.15) is 12.6 Å². The summed E-state index contributed by atoms with van der Waals surface area (Å²) in [6.07, 6.45) is 4.54. The molecule has 0 bridgehead atoms. The van der Waals surface area contributed by atoms with Crippen molar-refractivity contribution in [3.8, 4) is 0 Å². The number of furan rings is 1. The minimum atomic E-state index is 0.237. The number of hydrogen-bond donors (Lipinski definition) is 2. The Balaban J connectivity index is 1.25. The lowest BCUT2D eigenvalue weighted by Crippen LogP contribution is -2.16. The molecular weight excluding hydrogens is 422 g/mol. The van der Waals surface area contributed by atoms with E-state index in [0.717, 1.165) is 46.2 Å². The number of benzene rings is 4. The number of fused-ring (bicyclic) bond motifs is 3. The van der Waals surface area contributed by atoms with E-state index in [2.05, 4.69) is 84.2 Å². The van der Waals surface area contributed by atoms with Crippen molar-refractivity contribution in [3.05, 3.63) is 114 Å². The van der Waals surface area contributed by atoms with Crippen LogP contribution in [-0.2, 0) is 0 Å². The lowest BCUT2D eigenvalue weighted by atomic mass is 9.82. The molecule has 33 heavy (non-hydrogen) atoms. The van der Waals surface area contributed by atoms with Gasteiger partial charge in [-0.15, -0.1) is 0 Å². The van der Waals surface area contributed by atoms with Gasteiger partial charge in [-0.3, -0.25) is 0 Å². The van der Waals surface area contributed by atoms with Crippen molar-refractivity contribution in [2.75, 3.05) is 5.32 Å². The van der Waals surface area contributed by atoms with E-state index >= 15 is 0 Å². The Morgan fingerprint density at radius 2 is 1.52 bits per heavy atom. The molecule has 1 aliphatic rings. The van der Waals surface area contributed by atoms with Gasteiger partial charge in [0.05, 0.1) is 11.1 Å². The Hall–Kier alpha value is -3.43. The topological polar surface area (TPSA) is 25.2 Å². The van der Waals surface area contributed by atoms with Crippen LogP contribution in [0.1, 0.15) is 29.9 Å². The molecule has 0 spiro atoms. The van der Waals surface area contributed by atoms with Gasteiger partial charge in [0.1, 0.15) is 11.2 Å². The highest BCUT2D eigenvalue weighted by atomic mass is 32.1. The molecule has 1 heterocycles. The highest BCUT2D eigenvalue weighted by Crippen LogP contribution is 2.39. The Bertz CT molecular complexity index is 1450. The average molecular weight is 448 g/mol. The molecule has 4 aromatic carbocycles. The normalized spacial score (nSPS) is 18.4. The monoisotopic (exact) mass is 447 g/mol. The third-order valence-electron chi connectivity index (χ3n) is 6.67. The number of rotatable bonds is 4. The van der Waals surface area contributed by atoms with Crippen molar-refractivity contribution in [1.82, 2.24) is 0 Å². The number of hydrogen-bond acceptors (Lipinski definition) is 3. The van der Waals surface area contributed by atoms with Gasteiger partial charge >= 0.3 is 0 Å². The molecule has 1 aliphatic carbocycles. The van der Waals surface area contributed by atoms with Gasteiger partial charge < -0.3 is 9.73 Å². The van der Waals surface area contributed by atoms with Crippen LogP contribution in [-0.4, -0.2) is 5.25 Å². The van der Waals surface area contributed by atoms with Gasteiger partial charge in [0, 0.05) is 16.3 Å². The Morgan fingerprint density at radius 3 is 2.33 bits per heavy atom. The van der Waals surface area contributed by atoms with E-state index in [1.807, 2.05) is 24.3 Å². The van der Waals surface area contributed by atoms with Gasteiger partial charge in [0.15, 0.2) is 0 Å². The van der Waals surface area contributed by atoms with Crippen LogP contribution < -0.4 is 5.32 Å². The molecule has 2 atom stereocenters. The van der Waals surface area contributed by atoms with Gasteiger partial charge in [-0.25, -0.2) is 0 Å². The van der Waals surface area contributed by atoms with Crippen molar-refractivity contribution < 1.29 is 4.42 Å². The predicted octanol–water partition coefficient (Wildman–Crippen LogP) is 8.59.